The number of rotatable bonds is 8. The van der Waals surface area contributed by atoms with E-state index in [1.54, 1.807) is 23.8 Å². The second-order valence-corrected chi connectivity index (χ2v) is 12.4. The molecule has 9 nitrogen and oxygen atoms in total. The fourth-order valence-electron chi connectivity index (χ4n) is 6.46. The van der Waals surface area contributed by atoms with Gasteiger partial charge in [-0.25, -0.2) is 10.9 Å². The predicted octanol–water partition coefficient (Wildman–Crippen LogP) is 3.53. The second-order valence-electron chi connectivity index (χ2n) is 12.4. The van der Waals surface area contributed by atoms with Gasteiger partial charge in [-0.05, 0) is 73.2 Å². The van der Waals surface area contributed by atoms with Gasteiger partial charge in [-0.3, -0.25) is 14.4 Å². The highest BCUT2D eigenvalue weighted by Gasteiger charge is 2.38. The van der Waals surface area contributed by atoms with Crippen LogP contribution in [0.25, 0.3) is 10.8 Å². The fraction of sp³-hybridized carbons (Fsp3) is 0.417. The van der Waals surface area contributed by atoms with Crippen LogP contribution in [0.4, 0.5) is 11.4 Å². The lowest BCUT2D eigenvalue weighted by atomic mass is 9.87. The van der Waals surface area contributed by atoms with Gasteiger partial charge in [0.1, 0.15) is 6.04 Å². The summed E-state index contributed by atoms with van der Waals surface area (Å²) in [5.74, 6) is 0.221. The van der Waals surface area contributed by atoms with E-state index in [0.29, 0.717) is 29.8 Å². The topological polar surface area (TPSA) is 110 Å². The molecule has 3 aromatic carbocycles. The lowest BCUT2D eigenvalue weighted by Gasteiger charge is -2.27. The summed E-state index contributed by atoms with van der Waals surface area (Å²) in [5, 5.41) is 8.09. The number of amides is 3. The van der Waals surface area contributed by atoms with Crippen molar-refractivity contribution in [3.8, 4) is 0 Å². The van der Waals surface area contributed by atoms with E-state index >= 15 is 0 Å². The van der Waals surface area contributed by atoms with E-state index in [4.69, 9.17) is 0 Å². The summed E-state index contributed by atoms with van der Waals surface area (Å²) in [6.45, 7) is 9.53. The third kappa shape index (κ3) is 7.05. The van der Waals surface area contributed by atoms with E-state index in [9.17, 15) is 14.4 Å². The molecule has 0 radical (unpaired) electrons. The number of benzene rings is 3. The maximum atomic E-state index is 14.5. The van der Waals surface area contributed by atoms with Gasteiger partial charge in [0.25, 0.3) is 5.91 Å². The zero-order valence-corrected chi connectivity index (χ0v) is 27.1. The Kier molecular flexibility index (Phi) is 10.2. The molecule has 0 aliphatic carbocycles. The molecular weight excluding hydrogens is 564 g/mol. The average Bonchev–Trinajstić information content (AvgIpc) is 3.15. The Morgan fingerprint density at radius 2 is 1.80 bits per heavy atom. The summed E-state index contributed by atoms with van der Waals surface area (Å²) in [6, 6.07) is 18.5. The summed E-state index contributed by atoms with van der Waals surface area (Å²) >= 11 is 0. The Hall–Kier alpha value is -4.21. The van der Waals surface area contributed by atoms with E-state index in [0.717, 1.165) is 47.0 Å². The van der Waals surface area contributed by atoms with E-state index in [2.05, 4.69) is 67.2 Å². The number of carbonyl (C=O) groups excluding carboxylic acids is 3. The number of nitrogens with one attached hydrogen (secondary N) is 3. The van der Waals surface area contributed by atoms with Crippen molar-refractivity contribution in [1.29, 1.82) is 0 Å². The molecule has 0 aromatic heterocycles. The monoisotopic (exact) mass is 611 g/mol. The van der Waals surface area contributed by atoms with Crippen LogP contribution in [-0.4, -0.2) is 49.9 Å². The SMILES string of the molecule is CCC1C=C(CC(=O)N2CC(NC(=O)C(C)NC)C(=O)N(Cc3c(C)ccc4ccccc34)c3ccccc32)N[NH2+]CCC1C. The first-order valence-corrected chi connectivity index (χ1v) is 16.2. The molecule has 238 valence electrons. The molecule has 4 atom stereocenters. The number of carbonyl (C=O) groups is 3. The Morgan fingerprint density at radius 1 is 1.07 bits per heavy atom. The summed E-state index contributed by atoms with van der Waals surface area (Å²) < 4.78 is 0. The number of aryl methyl sites for hydroxylation is 1. The van der Waals surface area contributed by atoms with Crippen molar-refractivity contribution in [2.45, 2.75) is 65.6 Å². The van der Waals surface area contributed by atoms with E-state index in [-0.39, 0.29) is 30.7 Å². The number of fused-ring (bicyclic) bond motifs is 2. The van der Waals surface area contributed by atoms with Crippen LogP contribution in [0.3, 0.4) is 0 Å². The zero-order valence-electron chi connectivity index (χ0n) is 27.1. The second kappa shape index (κ2) is 14.3. The van der Waals surface area contributed by atoms with E-state index < -0.39 is 12.1 Å². The first-order valence-electron chi connectivity index (χ1n) is 16.2. The molecule has 0 saturated carbocycles. The highest BCUT2D eigenvalue weighted by molar-refractivity contribution is 6.08. The van der Waals surface area contributed by atoms with Crippen molar-refractivity contribution in [3.63, 3.8) is 0 Å². The molecule has 2 heterocycles. The molecule has 5 rings (SSSR count). The van der Waals surface area contributed by atoms with Gasteiger partial charge in [0.15, 0.2) is 0 Å². The molecule has 3 amide bonds. The molecule has 9 heteroatoms. The lowest BCUT2D eigenvalue weighted by Crippen LogP contribution is -2.93. The number of nitrogens with two attached hydrogens (primary N) is 1. The van der Waals surface area contributed by atoms with E-state index in [1.807, 2.05) is 41.8 Å². The van der Waals surface area contributed by atoms with Crippen molar-refractivity contribution in [1.82, 2.24) is 16.1 Å². The van der Waals surface area contributed by atoms with Crippen LogP contribution in [0.1, 0.15) is 51.2 Å². The van der Waals surface area contributed by atoms with Gasteiger partial charge >= 0.3 is 0 Å². The molecule has 0 fully saturated rings. The lowest BCUT2D eigenvalue weighted by molar-refractivity contribution is -0.705. The number of likely N-dealkylation sites (N-methyl/N-ethyl adjacent to an activating group) is 1. The number of allylic oxidation sites excluding steroid dienone is 1. The summed E-state index contributed by atoms with van der Waals surface area (Å²) in [7, 11) is 1.71. The van der Waals surface area contributed by atoms with Crippen LogP contribution in [0.5, 0.6) is 0 Å². The summed E-state index contributed by atoms with van der Waals surface area (Å²) in [5.41, 5.74) is 9.70. The Balaban J connectivity index is 1.56. The number of hydrogen-bond acceptors (Lipinski definition) is 5. The van der Waals surface area contributed by atoms with Gasteiger partial charge in [0, 0.05) is 6.42 Å². The molecule has 0 bridgehead atoms. The minimum absolute atomic E-state index is 0.0342. The molecule has 0 spiro atoms. The van der Waals surface area contributed by atoms with Gasteiger partial charge < -0.3 is 20.4 Å². The standard InChI is InChI=1S/C36H46N6O3/c1-6-26-19-28(40-38-18-17-23(26)2)20-34(43)41-22-31(39-35(44)25(4)37-5)36(45)42(33-14-10-9-13-32(33)41)21-30-24(3)15-16-27-11-7-8-12-29(27)30/h7-16,19,23,25-26,31,37-38,40H,6,17-18,20-22H2,1-5H3,(H,39,44)/p+1. The van der Waals surface area contributed by atoms with Gasteiger partial charge in [-0.15, -0.1) is 0 Å². The van der Waals surface area contributed by atoms with Crippen LogP contribution in [0.15, 0.2) is 72.4 Å². The number of nitrogens with zero attached hydrogens (tertiary/aromatic N) is 2. The third-order valence-corrected chi connectivity index (χ3v) is 9.44. The smallest absolute Gasteiger partial charge is 0.251 e. The van der Waals surface area contributed by atoms with Crippen LogP contribution in [0.2, 0.25) is 0 Å². The molecular formula is C36H47N6O3+. The molecule has 5 N–H and O–H groups in total. The Morgan fingerprint density at radius 3 is 2.56 bits per heavy atom. The number of hydrogen-bond donors (Lipinski definition) is 4. The van der Waals surface area contributed by atoms with Crippen molar-refractivity contribution >= 4 is 39.9 Å². The predicted molar refractivity (Wildman–Crippen MR) is 179 cm³/mol. The molecule has 2 aliphatic rings. The molecule has 4 unspecified atom stereocenters. The van der Waals surface area contributed by atoms with Crippen molar-refractivity contribution in [2.75, 3.05) is 29.9 Å². The van der Waals surface area contributed by atoms with Crippen molar-refractivity contribution in [2.24, 2.45) is 11.8 Å². The van der Waals surface area contributed by atoms with Crippen molar-refractivity contribution < 1.29 is 19.8 Å². The highest BCUT2D eigenvalue weighted by Crippen LogP contribution is 2.36. The van der Waals surface area contributed by atoms with E-state index in [1.165, 1.54) is 0 Å². The van der Waals surface area contributed by atoms with Gasteiger partial charge in [0.2, 0.25) is 11.8 Å². The Labute approximate surface area is 266 Å². The highest BCUT2D eigenvalue weighted by atomic mass is 16.2. The average molecular weight is 612 g/mol. The normalized spacial score (nSPS) is 21.1. The third-order valence-electron chi connectivity index (χ3n) is 9.44. The summed E-state index contributed by atoms with van der Waals surface area (Å²) in [6.07, 6.45) is 4.47. The van der Waals surface area contributed by atoms with Crippen LogP contribution in [-0.2, 0) is 20.9 Å². The number of quaternary nitrogens is 1. The van der Waals surface area contributed by atoms with Gasteiger partial charge in [-0.2, -0.15) is 0 Å². The van der Waals surface area contributed by atoms with Crippen molar-refractivity contribution in [3.05, 3.63) is 83.6 Å². The quantitative estimate of drug-likeness (QED) is 0.292. The first-order chi connectivity index (χ1) is 21.7. The zero-order chi connectivity index (χ0) is 32.1. The maximum absolute atomic E-state index is 14.5. The first kappa shape index (κ1) is 32.2. The fourth-order valence-corrected chi connectivity index (χ4v) is 6.46. The number of para-hydroxylation sites is 2. The van der Waals surface area contributed by atoms with Gasteiger partial charge in [0.05, 0.1) is 49.2 Å². The maximum Gasteiger partial charge on any atom is 0.251 e. The van der Waals surface area contributed by atoms with Gasteiger partial charge in [-0.1, -0.05) is 68.5 Å². The molecule has 3 aromatic rings. The Bertz CT molecular complexity index is 1590. The largest absolute Gasteiger partial charge is 0.341 e. The van der Waals surface area contributed by atoms with Crippen LogP contribution in [0, 0.1) is 18.8 Å². The molecule has 2 aliphatic heterocycles. The minimum atomic E-state index is -0.936. The molecule has 0 saturated heterocycles. The summed E-state index contributed by atoms with van der Waals surface area (Å²) in [4.78, 5) is 45.3. The van der Waals surface area contributed by atoms with Crippen LogP contribution >= 0.6 is 0 Å². The minimum Gasteiger partial charge on any atom is -0.341 e. The number of anilines is 2. The van der Waals surface area contributed by atoms with Crippen LogP contribution < -0.4 is 31.3 Å². The molecule has 45 heavy (non-hydrogen) atoms.